The van der Waals surface area contributed by atoms with Crippen LogP contribution in [-0.4, -0.2) is 53.1 Å². The van der Waals surface area contributed by atoms with E-state index in [1.807, 2.05) is 0 Å². The maximum absolute atomic E-state index is 13.4. The number of carbonyl (C=O) groups is 3. The number of guanidine groups is 1. The van der Waals surface area contributed by atoms with Crippen molar-refractivity contribution in [2.24, 2.45) is 16.5 Å². The highest BCUT2D eigenvalue weighted by molar-refractivity contribution is 6.30. The van der Waals surface area contributed by atoms with Crippen LogP contribution in [0.15, 0.2) is 47.5 Å². The third-order valence-electron chi connectivity index (χ3n) is 5.75. The predicted molar refractivity (Wildman–Crippen MR) is 138 cm³/mol. The minimum Gasteiger partial charge on any atom is -0.497 e. The summed E-state index contributed by atoms with van der Waals surface area (Å²) in [7, 11) is 1.52. The van der Waals surface area contributed by atoms with Gasteiger partial charge >= 0.3 is 5.97 Å². The number of carboxylic acid groups (broad SMARTS) is 1. The molecular formula is C25H28ClN5O5. The summed E-state index contributed by atoms with van der Waals surface area (Å²) in [5.74, 6) is -1.46. The van der Waals surface area contributed by atoms with E-state index < -0.39 is 17.9 Å². The van der Waals surface area contributed by atoms with Crippen molar-refractivity contribution in [3.8, 4) is 5.75 Å². The Morgan fingerprint density at radius 2 is 1.86 bits per heavy atom. The number of halogens is 1. The van der Waals surface area contributed by atoms with Gasteiger partial charge in [0.1, 0.15) is 11.8 Å². The molecule has 2 aromatic carbocycles. The Kier molecular flexibility index (Phi) is 8.55. The number of carboxylic acids is 1. The molecule has 36 heavy (non-hydrogen) atoms. The fourth-order valence-electron chi connectivity index (χ4n) is 3.96. The molecule has 0 aliphatic carbocycles. The SMILES string of the molecule is COc1ccc2c(c1)c(CC(=O)N[C@@H](CCCN=C(N)N)C(=O)O)c(C)n2C(=O)c1ccc(Cl)cc1. The van der Waals surface area contributed by atoms with Crippen molar-refractivity contribution in [3.63, 3.8) is 0 Å². The van der Waals surface area contributed by atoms with Crippen molar-refractivity contribution >= 4 is 46.2 Å². The number of amides is 1. The van der Waals surface area contributed by atoms with E-state index in [9.17, 15) is 19.5 Å². The quantitative estimate of drug-likeness (QED) is 0.184. The number of nitrogens with two attached hydrogens (primary N) is 2. The number of carbonyl (C=O) groups excluding carboxylic acids is 2. The van der Waals surface area contributed by atoms with Crippen LogP contribution in [0.2, 0.25) is 5.02 Å². The Morgan fingerprint density at radius 3 is 2.47 bits per heavy atom. The number of fused-ring (bicyclic) bond motifs is 1. The van der Waals surface area contributed by atoms with Gasteiger partial charge in [-0.1, -0.05) is 11.6 Å². The van der Waals surface area contributed by atoms with Crippen LogP contribution in [0, 0.1) is 6.92 Å². The summed E-state index contributed by atoms with van der Waals surface area (Å²) in [4.78, 5) is 41.8. The van der Waals surface area contributed by atoms with Gasteiger partial charge in [0, 0.05) is 28.2 Å². The first-order valence-corrected chi connectivity index (χ1v) is 11.6. The molecule has 0 bridgehead atoms. The molecule has 1 aromatic heterocycles. The Bertz CT molecular complexity index is 1310. The Balaban J connectivity index is 1.91. The summed E-state index contributed by atoms with van der Waals surface area (Å²) >= 11 is 5.97. The molecule has 0 unspecified atom stereocenters. The number of nitrogens with one attached hydrogen (secondary N) is 1. The second-order valence-corrected chi connectivity index (χ2v) is 8.61. The van der Waals surface area contributed by atoms with E-state index in [0.29, 0.717) is 44.9 Å². The summed E-state index contributed by atoms with van der Waals surface area (Å²) in [5.41, 5.74) is 12.8. The average molecular weight is 514 g/mol. The summed E-state index contributed by atoms with van der Waals surface area (Å²) in [6.07, 6.45) is 0.399. The minimum absolute atomic E-state index is 0.0821. The number of hydrogen-bond donors (Lipinski definition) is 4. The van der Waals surface area contributed by atoms with Crippen LogP contribution >= 0.6 is 11.6 Å². The second-order valence-electron chi connectivity index (χ2n) is 8.18. The fourth-order valence-corrected chi connectivity index (χ4v) is 4.09. The molecule has 190 valence electrons. The van der Waals surface area contributed by atoms with Crippen molar-refractivity contribution in [1.82, 2.24) is 9.88 Å². The maximum Gasteiger partial charge on any atom is 0.326 e. The van der Waals surface area contributed by atoms with Crippen LogP contribution < -0.4 is 21.5 Å². The maximum atomic E-state index is 13.4. The van der Waals surface area contributed by atoms with E-state index >= 15 is 0 Å². The van der Waals surface area contributed by atoms with Crippen LogP contribution in [0.1, 0.15) is 34.5 Å². The van der Waals surface area contributed by atoms with Crippen LogP contribution in [0.4, 0.5) is 0 Å². The zero-order valence-corrected chi connectivity index (χ0v) is 20.7. The molecule has 0 radical (unpaired) electrons. The molecule has 0 spiro atoms. The zero-order valence-electron chi connectivity index (χ0n) is 20.0. The molecule has 0 fully saturated rings. The predicted octanol–water partition coefficient (Wildman–Crippen LogP) is 2.47. The molecule has 10 nitrogen and oxygen atoms in total. The van der Waals surface area contributed by atoms with Crippen molar-refractivity contribution in [2.45, 2.75) is 32.2 Å². The molecule has 1 amide bonds. The van der Waals surface area contributed by atoms with Gasteiger partial charge in [-0.05, 0) is 67.8 Å². The first kappa shape index (κ1) is 26.6. The number of aliphatic carboxylic acids is 1. The molecular weight excluding hydrogens is 486 g/mol. The Labute approximate surface area is 212 Å². The van der Waals surface area contributed by atoms with Crippen molar-refractivity contribution in [3.05, 3.63) is 64.3 Å². The Hall–Kier alpha value is -4.05. The fraction of sp³-hybridized carbons (Fsp3) is 0.280. The topological polar surface area (TPSA) is 162 Å². The lowest BCUT2D eigenvalue weighted by Crippen LogP contribution is -2.41. The number of ether oxygens (including phenoxy) is 1. The average Bonchev–Trinajstić information content (AvgIpc) is 3.11. The van der Waals surface area contributed by atoms with E-state index in [0.717, 1.165) is 0 Å². The smallest absolute Gasteiger partial charge is 0.326 e. The zero-order chi connectivity index (χ0) is 26.4. The van der Waals surface area contributed by atoms with E-state index in [1.165, 1.54) is 11.7 Å². The lowest BCUT2D eigenvalue weighted by atomic mass is 10.1. The number of nitrogens with zero attached hydrogens (tertiary/aromatic N) is 2. The molecule has 6 N–H and O–H groups in total. The Morgan fingerprint density at radius 1 is 1.17 bits per heavy atom. The van der Waals surface area contributed by atoms with Gasteiger partial charge in [0.15, 0.2) is 5.96 Å². The summed E-state index contributed by atoms with van der Waals surface area (Å²) in [5, 5.41) is 13.3. The van der Waals surface area contributed by atoms with E-state index in [2.05, 4.69) is 10.3 Å². The van der Waals surface area contributed by atoms with E-state index in [1.54, 1.807) is 49.4 Å². The third kappa shape index (κ3) is 6.14. The van der Waals surface area contributed by atoms with Gasteiger partial charge in [-0.3, -0.25) is 19.1 Å². The van der Waals surface area contributed by atoms with E-state index in [-0.39, 0.29) is 31.3 Å². The van der Waals surface area contributed by atoms with Crippen LogP contribution in [0.3, 0.4) is 0 Å². The molecule has 0 aliphatic heterocycles. The van der Waals surface area contributed by atoms with Crippen molar-refractivity contribution < 1.29 is 24.2 Å². The largest absolute Gasteiger partial charge is 0.497 e. The number of aliphatic imine (C=N–C) groups is 1. The normalized spacial score (nSPS) is 11.6. The van der Waals surface area contributed by atoms with Crippen LogP contribution in [0.5, 0.6) is 5.75 Å². The van der Waals surface area contributed by atoms with Crippen molar-refractivity contribution in [2.75, 3.05) is 13.7 Å². The molecule has 0 aliphatic rings. The molecule has 1 heterocycles. The molecule has 1 atom stereocenters. The van der Waals surface area contributed by atoms with Gasteiger partial charge < -0.3 is 26.6 Å². The number of rotatable bonds is 10. The van der Waals surface area contributed by atoms with Gasteiger partial charge in [0.25, 0.3) is 5.91 Å². The summed E-state index contributed by atoms with van der Waals surface area (Å²) in [6, 6.07) is 10.6. The highest BCUT2D eigenvalue weighted by Gasteiger charge is 2.24. The number of methoxy groups -OCH3 is 1. The molecule has 11 heteroatoms. The second kappa shape index (κ2) is 11.6. The third-order valence-corrected chi connectivity index (χ3v) is 6.00. The lowest BCUT2D eigenvalue weighted by Gasteiger charge is -2.14. The van der Waals surface area contributed by atoms with E-state index in [4.69, 9.17) is 27.8 Å². The minimum atomic E-state index is -1.16. The number of aromatic nitrogens is 1. The summed E-state index contributed by atoms with van der Waals surface area (Å²) in [6.45, 7) is 1.99. The van der Waals surface area contributed by atoms with Crippen molar-refractivity contribution in [1.29, 1.82) is 0 Å². The summed E-state index contributed by atoms with van der Waals surface area (Å²) < 4.78 is 6.87. The van der Waals surface area contributed by atoms with Crippen LogP contribution in [0.25, 0.3) is 10.9 Å². The highest BCUT2D eigenvalue weighted by Crippen LogP contribution is 2.31. The standard InChI is InChI=1S/C25H28ClN5O5/c1-14-18(13-22(32)30-20(24(34)35)4-3-11-29-25(27)28)19-12-17(36-2)9-10-21(19)31(14)23(33)15-5-7-16(26)8-6-15/h5-10,12,20H,3-4,11,13H2,1-2H3,(H,30,32)(H,34,35)(H4,27,28,29)/t20-/m0/s1. The lowest BCUT2D eigenvalue weighted by molar-refractivity contribution is -0.141. The van der Waals surface area contributed by atoms with Crippen LogP contribution in [-0.2, 0) is 16.0 Å². The van der Waals surface area contributed by atoms with Gasteiger partial charge in [-0.25, -0.2) is 4.79 Å². The van der Waals surface area contributed by atoms with Gasteiger partial charge in [0.2, 0.25) is 5.91 Å². The first-order chi connectivity index (χ1) is 17.1. The highest BCUT2D eigenvalue weighted by atomic mass is 35.5. The number of benzene rings is 2. The first-order valence-electron chi connectivity index (χ1n) is 11.2. The molecule has 3 aromatic rings. The van der Waals surface area contributed by atoms with Gasteiger partial charge in [0.05, 0.1) is 19.0 Å². The molecule has 0 saturated carbocycles. The number of hydrogen-bond acceptors (Lipinski definition) is 5. The molecule has 0 saturated heterocycles. The van der Waals surface area contributed by atoms with Gasteiger partial charge in [-0.15, -0.1) is 0 Å². The van der Waals surface area contributed by atoms with Gasteiger partial charge in [-0.2, -0.15) is 0 Å². The molecule has 3 rings (SSSR count). The monoisotopic (exact) mass is 513 g/mol.